The number of carbonyl (C=O) groups excluding carboxylic acids is 2. The number of nitrogens with one attached hydrogen (secondary N) is 1. The van der Waals surface area contributed by atoms with Gasteiger partial charge in [-0.15, -0.1) is 0 Å². The molecule has 0 saturated heterocycles. The highest BCUT2D eigenvalue weighted by Crippen LogP contribution is 2.25. The number of nitrogens with zero attached hydrogens (tertiary/aromatic N) is 1. The second-order valence-corrected chi connectivity index (χ2v) is 6.03. The molecule has 0 aliphatic carbocycles. The summed E-state index contributed by atoms with van der Waals surface area (Å²) in [6, 6.07) is 10.1. The Hall–Kier alpha value is -2.93. The first kappa shape index (κ1) is 19.4. The SMILES string of the molecule is COc1ccc(C)cc1NC(=O)CN(C)C(C(N)=O)c1cccc(F)c1. The van der Waals surface area contributed by atoms with Crippen LogP contribution in [0.4, 0.5) is 10.1 Å². The first-order valence-electron chi connectivity index (χ1n) is 8.01. The Morgan fingerprint density at radius 1 is 1.27 bits per heavy atom. The van der Waals surface area contributed by atoms with E-state index in [9.17, 15) is 14.0 Å². The molecule has 2 amide bonds. The lowest BCUT2D eigenvalue weighted by atomic mass is 10.0. The summed E-state index contributed by atoms with van der Waals surface area (Å²) in [4.78, 5) is 25.7. The zero-order chi connectivity index (χ0) is 19.3. The average molecular weight is 359 g/mol. The summed E-state index contributed by atoms with van der Waals surface area (Å²) in [5.41, 5.74) is 7.35. The molecule has 0 heterocycles. The molecule has 1 unspecified atom stereocenters. The van der Waals surface area contributed by atoms with Gasteiger partial charge in [-0.1, -0.05) is 18.2 Å². The number of nitrogens with two attached hydrogens (primary N) is 1. The predicted octanol–water partition coefficient (Wildman–Crippen LogP) is 2.24. The van der Waals surface area contributed by atoms with Crippen LogP contribution in [0, 0.1) is 12.7 Å². The second kappa shape index (κ2) is 8.44. The fourth-order valence-electron chi connectivity index (χ4n) is 2.74. The van der Waals surface area contributed by atoms with Crippen LogP contribution in [0.25, 0.3) is 0 Å². The van der Waals surface area contributed by atoms with E-state index in [1.54, 1.807) is 25.2 Å². The molecule has 26 heavy (non-hydrogen) atoms. The Labute approximate surface area is 151 Å². The Kier molecular flexibility index (Phi) is 6.30. The minimum Gasteiger partial charge on any atom is -0.495 e. The molecule has 0 saturated carbocycles. The van der Waals surface area contributed by atoms with Crippen LogP contribution in [0.1, 0.15) is 17.2 Å². The summed E-state index contributed by atoms with van der Waals surface area (Å²) >= 11 is 0. The van der Waals surface area contributed by atoms with Gasteiger partial charge in [0.1, 0.15) is 17.6 Å². The maximum Gasteiger partial charge on any atom is 0.239 e. The van der Waals surface area contributed by atoms with E-state index in [0.29, 0.717) is 17.0 Å². The van der Waals surface area contributed by atoms with Gasteiger partial charge in [0.15, 0.2) is 0 Å². The zero-order valence-corrected chi connectivity index (χ0v) is 15.0. The first-order valence-corrected chi connectivity index (χ1v) is 8.01. The second-order valence-electron chi connectivity index (χ2n) is 6.03. The Bertz CT molecular complexity index is 810. The normalized spacial score (nSPS) is 11.9. The number of hydrogen-bond donors (Lipinski definition) is 2. The molecule has 138 valence electrons. The van der Waals surface area contributed by atoms with Crippen LogP contribution in [-0.4, -0.2) is 37.4 Å². The molecule has 0 radical (unpaired) electrons. The molecular formula is C19H22FN3O3. The van der Waals surface area contributed by atoms with Gasteiger partial charge in [-0.2, -0.15) is 0 Å². The van der Waals surface area contributed by atoms with Gasteiger partial charge in [0, 0.05) is 0 Å². The van der Waals surface area contributed by atoms with Crippen LogP contribution in [0.15, 0.2) is 42.5 Å². The molecule has 2 rings (SSSR count). The lowest BCUT2D eigenvalue weighted by molar-refractivity contribution is -0.124. The molecule has 2 aromatic carbocycles. The van der Waals surface area contributed by atoms with Gasteiger partial charge in [0.2, 0.25) is 11.8 Å². The van der Waals surface area contributed by atoms with Crippen LogP contribution >= 0.6 is 0 Å². The van der Waals surface area contributed by atoms with E-state index < -0.39 is 17.8 Å². The molecule has 0 aliphatic rings. The molecule has 1 atom stereocenters. The number of methoxy groups -OCH3 is 1. The van der Waals surface area contributed by atoms with E-state index in [1.165, 1.54) is 30.2 Å². The zero-order valence-electron chi connectivity index (χ0n) is 15.0. The highest BCUT2D eigenvalue weighted by atomic mass is 19.1. The van der Waals surface area contributed by atoms with E-state index in [2.05, 4.69) is 5.32 Å². The summed E-state index contributed by atoms with van der Waals surface area (Å²) in [6.45, 7) is 1.79. The number of primary amides is 1. The third-order valence-corrected chi connectivity index (χ3v) is 3.90. The fourth-order valence-corrected chi connectivity index (χ4v) is 2.74. The summed E-state index contributed by atoms with van der Waals surface area (Å²) in [5.74, 6) is -0.961. The fraction of sp³-hybridized carbons (Fsp3) is 0.263. The van der Waals surface area contributed by atoms with Gasteiger partial charge in [-0.25, -0.2) is 4.39 Å². The number of halogens is 1. The third kappa shape index (κ3) is 4.80. The van der Waals surface area contributed by atoms with Crippen molar-refractivity contribution in [1.29, 1.82) is 0 Å². The van der Waals surface area contributed by atoms with Crippen molar-refractivity contribution in [3.8, 4) is 5.75 Å². The maximum atomic E-state index is 13.5. The van der Waals surface area contributed by atoms with E-state index in [4.69, 9.17) is 10.5 Å². The Balaban J connectivity index is 2.14. The van der Waals surface area contributed by atoms with Crippen LogP contribution in [0.2, 0.25) is 0 Å². The molecular weight excluding hydrogens is 337 g/mol. The molecule has 7 heteroatoms. The van der Waals surface area contributed by atoms with Crippen LogP contribution in [-0.2, 0) is 9.59 Å². The summed E-state index contributed by atoms with van der Waals surface area (Å²) in [5, 5.41) is 2.76. The highest BCUT2D eigenvalue weighted by molar-refractivity contribution is 5.94. The van der Waals surface area contributed by atoms with E-state index in [1.807, 2.05) is 13.0 Å². The van der Waals surface area contributed by atoms with Gasteiger partial charge in [-0.05, 0) is 49.4 Å². The van der Waals surface area contributed by atoms with Crippen molar-refractivity contribution in [2.45, 2.75) is 13.0 Å². The number of hydrogen-bond acceptors (Lipinski definition) is 4. The minimum absolute atomic E-state index is 0.110. The summed E-state index contributed by atoms with van der Waals surface area (Å²) in [7, 11) is 3.09. The average Bonchev–Trinajstić information content (AvgIpc) is 2.54. The summed E-state index contributed by atoms with van der Waals surface area (Å²) < 4.78 is 18.7. The van der Waals surface area contributed by atoms with Crippen molar-refractivity contribution in [2.24, 2.45) is 5.73 Å². The number of benzene rings is 2. The number of amides is 2. The lowest BCUT2D eigenvalue weighted by Crippen LogP contribution is -2.39. The largest absolute Gasteiger partial charge is 0.495 e. The van der Waals surface area contributed by atoms with Crippen molar-refractivity contribution in [1.82, 2.24) is 4.90 Å². The van der Waals surface area contributed by atoms with E-state index in [0.717, 1.165) is 5.56 Å². The maximum absolute atomic E-state index is 13.5. The van der Waals surface area contributed by atoms with Crippen LogP contribution < -0.4 is 15.8 Å². The number of carbonyl (C=O) groups is 2. The third-order valence-electron chi connectivity index (χ3n) is 3.90. The molecule has 3 N–H and O–H groups in total. The predicted molar refractivity (Wildman–Crippen MR) is 97.3 cm³/mol. The number of anilines is 1. The van der Waals surface area contributed by atoms with Crippen molar-refractivity contribution in [3.05, 3.63) is 59.4 Å². The van der Waals surface area contributed by atoms with Crippen molar-refractivity contribution >= 4 is 17.5 Å². The molecule has 6 nitrogen and oxygen atoms in total. The number of ether oxygens (including phenoxy) is 1. The number of rotatable bonds is 7. The van der Waals surface area contributed by atoms with E-state index >= 15 is 0 Å². The minimum atomic E-state index is -0.921. The molecule has 0 aromatic heterocycles. The standard InChI is InChI=1S/C19H22FN3O3/c1-12-7-8-16(26-3)15(9-12)22-17(24)11-23(2)18(19(21)25)13-5-4-6-14(20)10-13/h4-10,18H,11H2,1-3H3,(H2,21,25)(H,22,24). The molecule has 0 spiro atoms. The van der Waals surface area contributed by atoms with Gasteiger partial charge < -0.3 is 15.8 Å². The number of likely N-dealkylation sites (N-methyl/N-ethyl adjacent to an activating group) is 1. The van der Waals surface area contributed by atoms with Crippen molar-refractivity contribution in [2.75, 3.05) is 26.0 Å². The lowest BCUT2D eigenvalue weighted by Gasteiger charge is -2.25. The van der Waals surface area contributed by atoms with Gasteiger partial charge in [-0.3, -0.25) is 14.5 Å². The Morgan fingerprint density at radius 3 is 2.62 bits per heavy atom. The topological polar surface area (TPSA) is 84.7 Å². The van der Waals surface area contributed by atoms with Crippen molar-refractivity contribution in [3.63, 3.8) is 0 Å². The molecule has 2 aromatic rings. The van der Waals surface area contributed by atoms with E-state index in [-0.39, 0.29) is 12.5 Å². The molecule has 0 fully saturated rings. The monoisotopic (exact) mass is 359 g/mol. The Morgan fingerprint density at radius 2 is 2.00 bits per heavy atom. The van der Waals surface area contributed by atoms with Gasteiger partial charge in [0.25, 0.3) is 0 Å². The quantitative estimate of drug-likeness (QED) is 0.794. The molecule has 0 bridgehead atoms. The highest BCUT2D eigenvalue weighted by Gasteiger charge is 2.25. The van der Waals surface area contributed by atoms with Gasteiger partial charge in [0.05, 0.1) is 19.3 Å². The van der Waals surface area contributed by atoms with Gasteiger partial charge >= 0.3 is 0 Å². The molecule has 0 aliphatic heterocycles. The summed E-state index contributed by atoms with van der Waals surface area (Å²) in [6.07, 6.45) is 0. The van der Waals surface area contributed by atoms with Crippen LogP contribution in [0.3, 0.4) is 0 Å². The van der Waals surface area contributed by atoms with Crippen LogP contribution in [0.5, 0.6) is 5.75 Å². The number of aryl methyl sites for hydroxylation is 1. The van der Waals surface area contributed by atoms with Crippen molar-refractivity contribution < 1.29 is 18.7 Å². The first-order chi connectivity index (χ1) is 12.3. The smallest absolute Gasteiger partial charge is 0.239 e.